The molecular weight excluding hydrogens is 415 g/mol. The molecule has 1 fully saturated rings. The van der Waals surface area contributed by atoms with E-state index in [4.69, 9.17) is 4.74 Å². The first-order chi connectivity index (χ1) is 16.2. The molecule has 6 rings (SSSR count). The fourth-order valence-corrected chi connectivity index (χ4v) is 5.77. The Hall–Kier alpha value is -3.34. The number of benzene rings is 3. The van der Waals surface area contributed by atoms with Crippen molar-refractivity contribution in [1.29, 1.82) is 0 Å². The first-order valence-corrected chi connectivity index (χ1v) is 11.8. The average Bonchev–Trinajstić information content (AvgIpc) is 3.46. The smallest absolute Gasteiger partial charge is 0.223 e. The highest BCUT2D eigenvalue weighted by molar-refractivity contribution is 5.80. The number of halogens is 1. The summed E-state index contributed by atoms with van der Waals surface area (Å²) in [5.74, 6) is 0.828. The number of nitrogens with zero attached hydrogens (tertiary/aromatic N) is 2. The van der Waals surface area contributed by atoms with Gasteiger partial charge in [-0.2, -0.15) is 0 Å². The van der Waals surface area contributed by atoms with Gasteiger partial charge in [0, 0.05) is 30.8 Å². The second kappa shape index (κ2) is 8.22. The molecule has 3 heterocycles. The first-order valence-electron chi connectivity index (χ1n) is 11.8. The quantitative estimate of drug-likeness (QED) is 0.517. The minimum absolute atomic E-state index is 0.0855. The molecule has 1 saturated heterocycles. The lowest BCUT2D eigenvalue weighted by atomic mass is 9.86. The standard InChI is InChI=1S/C28H27FN2O2/c29-22-14-21-11-13-31-25(17-26(24(16-22)28(21)31)30-12-5-10-27(30)32)20-8-4-9-23(15-20)33-18-19-6-2-1-3-7-19/h1-4,6-9,14-16,25-26H,5,10-13,17-18H2. The maximum Gasteiger partial charge on any atom is 0.223 e. The van der Waals surface area contributed by atoms with Crippen molar-refractivity contribution in [1.82, 2.24) is 4.90 Å². The van der Waals surface area contributed by atoms with E-state index in [2.05, 4.69) is 29.2 Å². The van der Waals surface area contributed by atoms with Gasteiger partial charge in [-0.1, -0.05) is 42.5 Å². The Balaban J connectivity index is 1.34. The summed E-state index contributed by atoms with van der Waals surface area (Å²) in [6.45, 7) is 2.14. The van der Waals surface area contributed by atoms with Gasteiger partial charge in [-0.05, 0) is 60.2 Å². The molecule has 3 aromatic carbocycles. The fraction of sp³-hybridized carbons (Fsp3) is 0.321. The molecule has 0 N–H and O–H groups in total. The van der Waals surface area contributed by atoms with Crippen molar-refractivity contribution in [2.75, 3.05) is 18.0 Å². The van der Waals surface area contributed by atoms with Crippen LogP contribution in [0.4, 0.5) is 10.1 Å². The Kier molecular flexibility index (Phi) is 5.05. The number of carbonyl (C=O) groups is 1. The van der Waals surface area contributed by atoms with Gasteiger partial charge >= 0.3 is 0 Å². The molecule has 33 heavy (non-hydrogen) atoms. The zero-order valence-corrected chi connectivity index (χ0v) is 18.5. The van der Waals surface area contributed by atoms with E-state index >= 15 is 0 Å². The van der Waals surface area contributed by atoms with E-state index in [1.165, 1.54) is 5.56 Å². The minimum atomic E-state index is -0.197. The van der Waals surface area contributed by atoms with Crippen LogP contribution in [0.3, 0.4) is 0 Å². The van der Waals surface area contributed by atoms with E-state index in [0.29, 0.717) is 13.0 Å². The zero-order valence-electron chi connectivity index (χ0n) is 18.5. The lowest BCUT2D eigenvalue weighted by Gasteiger charge is -2.43. The summed E-state index contributed by atoms with van der Waals surface area (Å²) >= 11 is 0. The number of likely N-dealkylation sites (tertiary alicyclic amines) is 1. The van der Waals surface area contributed by atoms with Gasteiger partial charge in [0.05, 0.1) is 12.1 Å². The Morgan fingerprint density at radius 3 is 2.61 bits per heavy atom. The third-order valence-corrected chi connectivity index (χ3v) is 7.25. The number of hydrogen-bond donors (Lipinski definition) is 0. The Labute approximate surface area is 193 Å². The van der Waals surface area contributed by atoms with Gasteiger partial charge < -0.3 is 14.5 Å². The highest BCUT2D eigenvalue weighted by Gasteiger charge is 2.42. The van der Waals surface area contributed by atoms with Crippen molar-refractivity contribution in [3.05, 3.63) is 94.8 Å². The first kappa shape index (κ1) is 20.3. The summed E-state index contributed by atoms with van der Waals surface area (Å²) in [6.07, 6.45) is 3.07. The van der Waals surface area contributed by atoms with Crippen LogP contribution in [0.15, 0.2) is 66.7 Å². The molecule has 0 spiro atoms. The van der Waals surface area contributed by atoms with Crippen molar-refractivity contribution in [2.24, 2.45) is 0 Å². The number of anilines is 1. The number of hydrogen-bond acceptors (Lipinski definition) is 3. The molecule has 0 bridgehead atoms. The molecule has 0 radical (unpaired) electrons. The van der Waals surface area contributed by atoms with Crippen molar-refractivity contribution in [2.45, 2.75) is 44.4 Å². The van der Waals surface area contributed by atoms with Gasteiger partial charge in [0.1, 0.15) is 18.2 Å². The molecule has 0 aliphatic carbocycles. The molecular formula is C28H27FN2O2. The van der Waals surface area contributed by atoms with Crippen LogP contribution in [0.5, 0.6) is 5.75 Å². The molecule has 2 atom stereocenters. The predicted molar refractivity (Wildman–Crippen MR) is 126 cm³/mol. The Morgan fingerprint density at radius 2 is 1.79 bits per heavy atom. The Morgan fingerprint density at radius 1 is 0.909 bits per heavy atom. The molecule has 1 amide bonds. The SMILES string of the molecule is O=C1CCCN1C1CC(c2cccc(OCc3ccccc3)c2)N2CCc3cc(F)cc1c32. The van der Waals surface area contributed by atoms with E-state index in [-0.39, 0.29) is 23.8 Å². The molecule has 5 heteroatoms. The summed E-state index contributed by atoms with van der Waals surface area (Å²) in [5, 5.41) is 0. The summed E-state index contributed by atoms with van der Waals surface area (Å²) in [6, 6.07) is 21.8. The van der Waals surface area contributed by atoms with Crippen molar-refractivity contribution in [3.63, 3.8) is 0 Å². The summed E-state index contributed by atoms with van der Waals surface area (Å²) < 4.78 is 20.6. The maximum absolute atomic E-state index is 14.5. The van der Waals surface area contributed by atoms with E-state index in [1.54, 1.807) is 12.1 Å². The van der Waals surface area contributed by atoms with Gasteiger partial charge in [0.25, 0.3) is 0 Å². The molecule has 2 unspecified atom stereocenters. The third-order valence-electron chi connectivity index (χ3n) is 7.25. The molecule has 0 aromatic heterocycles. The third kappa shape index (κ3) is 3.65. The van der Waals surface area contributed by atoms with Crippen molar-refractivity contribution in [3.8, 4) is 5.75 Å². The topological polar surface area (TPSA) is 32.8 Å². The number of rotatable bonds is 5. The second-order valence-electron chi connectivity index (χ2n) is 9.25. The summed E-state index contributed by atoms with van der Waals surface area (Å²) in [7, 11) is 0. The van der Waals surface area contributed by atoms with Crippen LogP contribution in [0.25, 0.3) is 0 Å². The molecule has 0 saturated carbocycles. The van der Waals surface area contributed by atoms with Gasteiger partial charge in [0.2, 0.25) is 5.91 Å². The van der Waals surface area contributed by atoms with Crippen LogP contribution in [-0.2, 0) is 17.8 Å². The maximum atomic E-state index is 14.5. The summed E-state index contributed by atoms with van der Waals surface area (Å²) in [4.78, 5) is 17.1. The molecule has 4 nitrogen and oxygen atoms in total. The lowest BCUT2D eigenvalue weighted by molar-refractivity contribution is -0.130. The minimum Gasteiger partial charge on any atom is -0.489 e. The van der Waals surface area contributed by atoms with E-state index in [0.717, 1.165) is 60.5 Å². The monoisotopic (exact) mass is 442 g/mol. The summed E-state index contributed by atoms with van der Waals surface area (Å²) in [5.41, 5.74) is 5.48. The molecule has 3 aliphatic heterocycles. The zero-order chi connectivity index (χ0) is 22.4. The van der Waals surface area contributed by atoms with Gasteiger partial charge in [-0.25, -0.2) is 4.39 Å². The normalized spacial score (nSPS) is 21.4. The number of carbonyl (C=O) groups excluding carboxylic acids is 1. The Bertz CT molecular complexity index is 1200. The average molecular weight is 443 g/mol. The van der Waals surface area contributed by atoms with Gasteiger partial charge in [-0.15, -0.1) is 0 Å². The predicted octanol–water partition coefficient (Wildman–Crippen LogP) is 5.58. The fourth-order valence-electron chi connectivity index (χ4n) is 5.77. The molecule has 168 valence electrons. The van der Waals surface area contributed by atoms with Gasteiger partial charge in [-0.3, -0.25) is 4.79 Å². The number of amides is 1. The highest BCUT2D eigenvalue weighted by Crippen LogP contribution is 2.51. The highest BCUT2D eigenvalue weighted by atomic mass is 19.1. The van der Waals surface area contributed by atoms with Crippen LogP contribution < -0.4 is 9.64 Å². The van der Waals surface area contributed by atoms with Crippen molar-refractivity contribution < 1.29 is 13.9 Å². The van der Waals surface area contributed by atoms with E-state index < -0.39 is 0 Å². The van der Waals surface area contributed by atoms with Crippen LogP contribution >= 0.6 is 0 Å². The molecule has 3 aromatic rings. The largest absolute Gasteiger partial charge is 0.489 e. The second-order valence-corrected chi connectivity index (χ2v) is 9.25. The van der Waals surface area contributed by atoms with Gasteiger partial charge in [0.15, 0.2) is 0 Å². The number of ether oxygens (including phenoxy) is 1. The van der Waals surface area contributed by atoms with Crippen LogP contribution in [0.1, 0.15) is 53.6 Å². The van der Waals surface area contributed by atoms with Crippen molar-refractivity contribution >= 4 is 11.6 Å². The lowest BCUT2D eigenvalue weighted by Crippen LogP contribution is -2.39. The van der Waals surface area contributed by atoms with Crippen LogP contribution in [0.2, 0.25) is 0 Å². The molecule has 3 aliphatic rings. The van der Waals surface area contributed by atoms with Crippen LogP contribution in [0, 0.1) is 5.82 Å². The van der Waals surface area contributed by atoms with E-state index in [9.17, 15) is 9.18 Å². The van der Waals surface area contributed by atoms with Crippen LogP contribution in [-0.4, -0.2) is 23.9 Å². The van der Waals surface area contributed by atoms with E-state index in [1.807, 2.05) is 35.2 Å².